The molecule has 0 saturated carbocycles. The molecule has 132 valence electrons. The van der Waals surface area contributed by atoms with Crippen molar-refractivity contribution in [2.75, 3.05) is 0 Å². The average molecular weight is 357 g/mol. The number of hydrogen-bond acceptors (Lipinski definition) is 5. The van der Waals surface area contributed by atoms with E-state index in [4.69, 9.17) is 9.15 Å². The molecule has 0 aliphatic heterocycles. The lowest BCUT2D eigenvalue weighted by atomic mass is 10.1. The highest BCUT2D eigenvalue weighted by Crippen LogP contribution is 2.31. The van der Waals surface area contributed by atoms with Gasteiger partial charge in [0.15, 0.2) is 5.65 Å². The molecule has 0 saturated heterocycles. The third-order valence-electron chi connectivity index (χ3n) is 4.53. The van der Waals surface area contributed by atoms with Gasteiger partial charge in [-0.05, 0) is 43.7 Å². The normalized spacial score (nSPS) is 11.5. The SMILES string of the molecule is Cc1cc2nc(Oc3ccc4c(C)cc(=O)oc4c3)c3ccccc3n2n1. The minimum atomic E-state index is -0.378. The first-order valence-electron chi connectivity index (χ1n) is 8.56. The van der Waals surface area contributed by atoms with E-state index >= 15 is 0 Å². The van der Waals surface area contributed by atoms with E-state index in [1.807, 2.05) is 56.3 Å². The van der Waals surface area contributed by atoms with E-state index < -0.39 is 0 Å². The van der Waals surface area contributed by atoms with Gasteiger partial charge in [0.05, 0.1) is 16.6 Å². The van der Waals surface area contributed by atoms with Crippen molar-refractivity contribution in [1.29, 1.82) is 0 Å². The minimum Gasteiger partial charge on any atom is -0.438 e. The van der Waals surface area contributed by atoms with Crippen molar-refractivity contribution in [3.05, 3.63) is 76.3 Å². The van der Waals surface area contributed by atoms with Crippen LogP contribution in [0, 0.1) is 13.8 Å². The Morgan fingerprint density at radius 1 is 1.00 bits per heavy atom. The zero-order valence-electron chi connectivity index (χ0n) is 14.8. The summed E-state index contributed by atoms with van der Waals surface area (Å²) in [6, 6.07) is 16.6. The smallest absolute Gasteiger partial charge is 0.336 e. The first-order valence-corrected chi connectivity index (χ1v) is 8.56. The van der Waals surface area contributed by atoms with Crippen LogP contribution in [0.15, 0.2) is 63.8 Å². The molecule has 0 atom stereocenters. The topological polar surface area (TPSA) is 69.6 Å². The fourth-order valence-electron chi connectivity index (χ4n) is 3.30. The summed E-state index contributed by atoms with van der Waals surface area (Å²) in [5, 5.41) is 6.22. The van der Waals surface area contributed by atoms with Gasteiger partial charge in [0, 0.05) is 23.6 Å². The number of para-hydroxylation sites is 1. The lowest BCUT2D eigenvalue weighted by Gasteiger charge is -2.10. The van der Waals surface area contributed by atoms with Crippen molar-refractivity contribution in [2.24, 2.45) is 0 Å². The first-order chi connectivity index (χ1) is 13.1. The van der Waals surface area contributed by atoms with Crippen LogP contribution in [-0.4, -0.2) is 14.6 Å². The summed E-state index contributed by atoms with van der Waals surface area (Å²) >= 11 is 0. The maximum Gasteiger partial charge on any atom is 0.336 e. The molecule has 3 aromatic heterocycles. The molecule has 0 aliphatic rings. The molecule has 0 fully saturated rings. The van der Waals surface area contributed by atoms with Gasteiger partial charge in [-0.15, -0.1) is 0 Å². The highest BCUT2D eigenvalue weighted by molar-refractivity contribution is 5.86. The van der Waals surface area contributed by atoms with Crippen LogP contribution >= 0.6 is 0 Å². The Labute approximate surface area is 153 Å². The fraction of sp³-hybridized carbons (Fsp3) is 0.0952. The Hall–Kier alpha value is -3.67. The number of aromatic nitrogens is 3. The summed E-state index contributed by atoms with van der Waals surface area (Å²) in [6.45, 7) is 3.81. The second-order valence-corrected chi connectivity index (χ2v) is 6.50. The summed E-state index contributed by atoms with van der Waals surface area (Å²) in [5.74, 6) is 1.03. The van der Waals surface area contributed by atoms with Crippen molar-refractivity contribution >= 4 is 27.5 Å². The molecule has 5 aromatic rings. The van der Waals surface area contributed by atoms with Crippen LogP contribution < -0.4 is 10.4 Å². The molecule has 0 radical (unpaired) electrons. The average Bonchev–Trinajstić information content (AvgIpc) is 3.02. The van der Waals surface area contributed by atoms with Crippen molar-refractivity contribution in [3.63, 3.8) is 0 Å². The van der Waals surface area contributed by atoms with Crippen molar-refractivity contribution < 1.29 is 9.15 Å². The Morgan fingerprint density at radius 3 is 2.74 bits per heavy atom. The number of rotatable bonds is 2. The molecule has 6 heteroatoms. The molecule has 3 heterocycles. The Bertz CT molecular complexity index is 1400. The summed E-state index contributed by atoms with van der Waals surface area (Å²) < 4.78 is 13.2. The molecule has 0 N–H and O–H groups in total. The predicted molar refractivity (Wildman–Crippen MR) is 103 cm³/mol. The maximum atomic E-state index is 11.7. The Morgan fingerprint density at radius 2 is 1.85 bits per heavy atom. The van der Waals surface area contributed by atoms with Crippen LogP contribution in [0.3, 0.4) is 0 Å². The van der Waals surface area contributed by atoms with Gasteiger partial charge in [0.2, 0.25) is 5.88 Å². The van der Waals surface area contributed by atoms with Crippen molar-refractivity contribution in [3.8, 4) is 11.6 Å². The molecular formula is C21H15N3O3. The van der Waals surface area contributed by atoms with E-state index in [9.17, 15) is 4.79 Å². The van der Waals surface area contributed by atoms with Crippen LogP contribution in [0.1, 0.15) is 11.3 Å². The number of benzene rings is 2. The molecule has 0 bridgehead atoms. The number of hydrogen-bond donors (Lipinski definition) is 0. The first kappa shape index (κ1) is 15.6. The lowest BCUT2D eigenvalue weighted by molar-refractivity contribution is 0.468. The van der Waals surface area contributed by atoms with Gasteiger partial charge in [0.25, 0.3) is 0 Å². The molecule has 27 heavy (non-hydrogen) atoms. The molecular weight excluding hydrogens is 342 g/mol. The second-order valence-electron chi connectivity index (χ2n) is 6.50. The van der Waals surface area contributed by atoms with Crippen molar-refractivity contribution in [2.45, 2.75) is 13.8 Å². The van der Waals surface area contributed by atoms with Gasteiger partial charge in [-0.3, -0.25) is 0 Å². The van der Waals surface area contributed by atoms with Gasteiger partial charge >= 0.3 is 5.63 Å². The highest BCUT2D eigenvalue weighted by Gasteiger charge is 2.12. The maximum absolute atomic E-state index is 11.7. The van der Waals surface area contributed by atoms with Crippen LogP contribution in [0.2, 0.25) is 0 Å². The van der Waals surface area contributed by atoms with Gasteiger partial charge in [-0.1, -0.05) is 12.1 Å². The standard InChI is InChI=1S/C21H15N3O3/c1-12-9-20(25)27-18-11-14(7-8-15(12)18)26-21-16-5-3-4-6-17(16)24-19(22-21)10-13(2)23-24/h3-11H,1-2H3. The molecule has 0 amide bonds. The van der Waals surface area contributed by atoms with E-state index in [-0.39, 0.29) is 5.63 Å². The van der Waals surface area contributed by atoms with E-state index in [0.717, 1.165) is 27.5 Å². The predicted octanol–water partition coefficient (Wildman–Crippen LogP) is 4.40. The molecule has 0 unspecified atom stereocenters. The summed E-state index contributed by atoms with van der Waals surface area (Å²) in [5.41, 5.74) is 3.48. The monoisotopic (exact) mass is 357 g/mol. The summed E-state index contributed by atoms with van der Waals surface area (Å²) in [7, 11) is 0. The van der Waals surface area contributed by atoms with Crippen LogP contribution in [-0.2, 0) is 0 Å². The highest BCUT2D eigenvalue weighted by atomic mass is 16.5. The Balaban J connectivity index is 1.69. The van der Waals surface area contributed by atoms with Crippen molar-refractivity contribution in [1.82, 2.24) is 14.6 Å². The largest absolute Gasteiger partial charge is 0.438 e. The number of fused-ring (bicyclic) bond motifs is 4. The molecule has 0 spiro atoms. The summed E-state index contributed by atoms with van der Waals surface area (Å²) in [6.07, 6.45) is 0. The van der Waals surface area contributed by atoms with Gasteiger partial charge in [-0.2, -0.15) is 10.1 Å². The van der Waals surface area contributed by atoms with Crippen LogP contribution in [0.25, 0.3) is 27.5 Å². The van der Waals surface area contributed by atoms with Crippen LogP contribution in [0.5, 0.6) is 11.6 Å². The minimum absolute atomic E-state index is 0.378. The van der Waals surface area contributed by atoms with E-state index in [0.29, 0.717) is 22.9 Å². The molecule has 6 nitrogen and oxygen atoms in total. The third-order valence-corrected chi connectivity index (χ3v) is 4.53. The van der Waals surface area contributed by atoms with Gasteiger partial charge in [0.1, 0.15) is 11.3 Å². The fourth-order valence-corrected chi connectivity index (χ4v) is 3.30. The zero-order valence-corrected chi connectivity index (χ0v) is 14.8. The van der Waals surface area contributed by atoms with E-state index in [1.165, 1.54) is 6.07 Å². The van der Waals surface area contributed by atoms with Gasteiger partial charge in [-0.25, -0.2) is 9.31 Å². The Kier molecular flexibility index (Phi) is 3.27. The van der Waals surface area contributed by atoms with Crippen LogP contribution in [0.4, 0.5) is 0 Å². The zero-order chi connectivity index (χ0) is 18.5. The number of ether oxygens (including phenoxy) is 1. The second kappa shape index (κ2) is 5.67. The molecule has 2 aromatic carbocycles. The third kappa shape index (κ3) is 2.54. The molecule has 5 rings (SSSR count). The number of nitrogens with zero attached hydrogens (tertiary/aromatic N) is 3. The van der Waals surface area contributed by atoms with Gasteiger partial charge < -0.3 is 9.15 Å². The summed E-state index contributed by atoms with van der Waals surface area (Å²) in [4.78, 5) is 16.3. The van der Waals surface area contributed by atoms with E-state index in [2.05, 4.69) is 10.1 Å². The number of aryl methyl sites for hydroxylation is 2. The quantitative estimate of drug-likeness (QED) is 0.438. The lowest BCUT2D eigenvalue weighted by Crippen LogP contribution is -1.99. The molecule has 0 aliphatic carbocycles. The van der Waals surface area contributed by atoms with E-state index in [1.54, 1.807) is 10.6 Å².